The third kappa shape index (κ3) is 4.25. The highest BCUT2D eigenvalue weighted by Crippen LogP contribution is 2.36. The summed E-state index contributed by atoms with van der Waals surface area (Å²) in [4.78, 5) is 41.8. The van der Waals surface area contributed by atoms with Crippen LogP contribution >= 0.6 is 0 Å². The van der Waals surface area contributed by atoms with Gasteiger partial charge in [-0.05, 0) is 44.0 Å². The van der Waals surface area contributed by atoms with Crippen LogP contribution in [0.25, 0.3) is 0 Å². The first-order valence-corrected chi connectivity index (χ1v) is 11.0. The molecule has 0 aromatic heterocycles. The molecular weight excluding hydrogens is 424 g/mol. The summed E-state index contributed by atoms with van der Waals surface area (Å²) in [5.74, 6) is -0.618. The molecule has 2 aliphatic rings. The smallest absolute Gasteiger partial charge is 0.312 e. The van der Waals surface area contributed by atoms with Crippen LogP contribution in [0.4, 0.5) is 11.4 Å². The number of esters is 1. The van der Waals surface area contributed by atoms with Gasteiger partial charge in [0.25, 0.3) is 5.91 Å². The standard InChI is InChI=1S/C25H28N2O6/c1-15-11-17-7-5-6-8-20(17)27(15)24(29)16(2)33-25(30)18-12-23(28)26(14-18)21-10-9-19(31-3)13-22(21)32-4/h5-10,13,15-16,18H,11-12,14H2,1-4H3. The van der Waals surface area contributed by atoms with Crippen molar-refractivity contribution in [2.24, 2.45) is 5.92 Å². The number of benzene rings is 2. The van der Waals surface area contributed by atoms with E-state index in [4.69, 9.17) is 14.2 Å². The van der Waals surface area contributed by atoms with Crippen molar-refractivity contribution >= 4 is 29.2 Å². The van der Waals surface area contributed by atoms with Gasteiger partial charge in [0, 0.05) is 30.8 Å². The lowest BCUT2D eigenvalue weighted by molar-refractivity contribution is -0.157. The van der Waals surface area contributed by atoms with Crippen LogP contribution in [0.3, 0.4) is 0 Å². The Kier molecular flexibility index (Phi) is 6.26. The Hall–Kier alpha value is -3.55. The average molecular weight is 453 g/mol. The van der Waals surface area contributed by atoms with Gasteiger partial charge in [-0.2, -0.15) is 0 Å². The lowest BCUT2D eigenvalue weighted by Gasteiger charge is -2.26. The highest BCUT2D eigenvalue weighted by Gasteiger charge is 2.40. The number of ether oxygens (including phenoxy) is 3. The maximum Gasteiger partial charge on any atom is 0.312 e. The van der Waals surface area contributed by atoms with E-state index in [1.807, 2.05) is 31.2 Å². The van der Waals surface area contributed by atoms with Gasteiger partial charge in [0.2, 0.25) is 5.91 Å². The van der Waals surface area contributed by atoms with Crippen LogP contribution in [0.2, 0.25) is 0 Å². The van der Waals surface area contributed by atoms with E-state index in [0.29, 0.717) is 17.2 Å². The minimum absolute atomic E-state index is 0.0118. The molecule has 33 heavy (non-hydrogen) atoms. The van der Waals surface area contributed by atoms with Gasteiger partial charge in [-0.1, -0.05) is 18.2 Å². The Balaban J connectivity index is 1.43. The number of fused-ring (bicyclic) bond motifs is 1. The summed E-state index contributed by atoms with van der Waals surface area (Å²) in [6, 6.07) is 12.9. The van der Waals surface area contributed by atoms with Crippen LogP contribution in [0.15, 0.2) is 42.5 Å². The molecule has 2 heterocycles. The van der Waals surface area contributed by atoms with E-state index in [2.05, 4.69) is 0 Å². The molecule has 2 aliphatic heterocycles. The molecule has 0 N–H and O–H groups in total. The number of hydrogen-bond donors (Lipinski definition) is 0. The molecule has 4 rings (SSSR count). The summed E-state index contributed by atoms with van der Waals surface area (Å²) in [6.07, 6.45) is -0.179. The third-order valence-corrected chi connectivity index (χ3v) is 6.22. The molecule has 2 amide bonds. The van der Waals surface area contributed by atoms with Crippen molar-refractivity contribution in [1.29, 1.82) is 0 Å². The first kappa shape index (κ1) is 22.6. The molecule has 0 spiro atoms. The van der Waals surface area contributed by atoms with Crippen molar-refractivity contribution in [3.05, 3.63) is 48.0 Å². The lowest BCUT2D eigenvalue weighted by Crippen LogP contribution is -2.43. The van der Waals surface area contributed by atoms with Crippen molar-refractivity contribution in [1.82, 2.24) is 0 Å². The zero-order chi connectivity index (χ0) is 23.7. The molecule has 174 valence electrons. The predicted molar refractivity (Wildman–Crippen MR) is 123 cm³/mol. The van der Waals surface area contributed by atoms with E-state index in [-0.39, 0.29) is 30.8 Å². The van der Waals surface area contributed by atoms with Gasteiger partial charge in [-0.15, -0.1) is 0 Å². The van der Waals surface area contributed by atoms with E-state index in [9.17, 15) is 14.4 Å². The number of methoxy groups -OCH3 is 2. The molecule has 3 atom stereocenters. The van der Waals surface area contributed by atoms with Gasteiger partial charge in [0.05, 0.1) is 25.8 Å². The van der Waals surface area contributed by atoms with Crippen molar-refractivity contribution in [3.63, 3.8) is 0 Å². The lowest BCUT2D eigenvalue weighted by atomic mass is 10.1. The molecule has 2 aromatic rings. The molecule has 0 saturated carbocycles. The number of carbonyl (C=O) groups excluding carboxylic acids is 3. The summed E-state index contributed by atoms with van der Waals surface area (Å²) in [5, 5.41) is 0. The van der Waals surface area contributed by atoms with E-state index >= 15 is 0 Å². The summed E-state index contributed by atoms with van der Waals surface area (Å²) in [6.45, 7) is 3.71. The fourth-order valence-corrected chi connectivity index (χ4v) is 4.52. The Morgan fingerprint density at radius 3 is 2.52 bits per heavy atom. The van der Waals surface area contributed by atoms with Crippen molar-refractivity contribution < 1.29 is 28.6 Å². The fourth-order valence-electron chi connectivity index (χ4n) is 4.52. The normalized spacial score (nSPS) is 20.4. The van der Waals surface area contributed by atoms with E-state index < -0.39 is 18.0 Å². The van der Waals surface area contributed by atoms with Crippen LogP contribution in [-0.2, 0) is 25.5 Å². The topological polar surface area (TPSA) is 85.4 Å². The second-order valence-electron chi connectivity index (χ2n) is 8.41. The number of anilines is 2. The summed E-state index contributed by atoms with van der Waals surface area (Å²) in [5.41, 5.74) is 2.51. The van der Waals surface area contributed by atoms with Crippen LogP contribution in [-0.4, -0.2) is 50.7 Å². The second-order valence-corrected chi connectivity index (χ2v) is 8.41. The average Bonchev–Trinajstić information content (AvgIpc) is 3.37. The Labute approximate surface area is 193 Å². The van der Waals surface area contributed by atoms with Gasteiger partial charge in [-0.3, -0.25) is 14.4 Å². The summed E-state index contributed by atoms with van der Waals surface area (Å²) < 4.78 is 16.1. The Morgan fingerprint density at radius 1 is 1.03 bits per heavy atom. The SMILES string of the molecule is COc1ccc(N2CC(C(=O)OC(C)C(=O)N3c4ccccc4CC3C)CC2=O)c(OC)c1. The van der Waals surface area contributed by atoms with E-state index in [0.717, 1.165) is 17.7 Å². The maximum atomic E-state index is 13.1. The van der Waals surface area contributed by atoms with Crippen molar-refractivity contribution in [3.8, 4) is 11.5 Å². The van der Waals surface area contributed by atoms with Crippen molar-refractivity contribution in [2.75, 3.05) is 30.6 Å². The zero-order valence-electron chi connectivity index (χ0n) is 19.2. The molecule has 1 fully saturated rings. The molecule has 0 radical (unpaired) electrons. The molecule has 2 aromatic carbocycles. The number of carbonyl (C=O) groups is 3. The number of hydrogen-bond acceptors (Lipinski definition) is 6. The predicted octanol–water partition coefficient (Wildman–Crippen LogP) is 2.97. The van der Waals surface area contributed by atoms with Crippen LogP contribution < -0.4 is 19.3 Å². The number of amides is 2. The quantitative estimate of drug-likeness (QED) is 0.627. The summed E-state index contributed by atoms with van der Waals surface area (Å²) >= 11 is 0. The monoisotopic (exact) mass is 452 g/mol. The molecule has 0 bridgehead atoms. The highest BCUT2D eigenvalue weighted by atomic mass is 16.5. The maximum absolute atomic E-state index is 13.1. The number of nitrogens with zero attached hydrogens (tertiary/aromatic N) is 2. The van der Waals surface area contributed by atoms with E-state index in [1.54, 1.807) is 37.1 Å². The molecule has 0 aliphatic carbocycles. The van der Waals surface area contributed by atoms with Gasteiger partial charge in [0.1, 0.15) is 11.5 Å². The minimum atomic E-state index is -0.953. The van der Waals surface area contributed by atoms with Gasteiger partial charge in [-0.25, -0.2) is 0 Å². The molecular formula is C25H28N2O6. The first-order chi connectivity index (χ1) is 15.8. The molecule has 1 saturated heterocycles. The number of para-hydroxylation sites is 1. The minimum Gasteiger partial charge on any atom is -0.497 e. The Bertz CT molecular complexity index is 1080. The number of rotatable bonds is 6. The molecule has 3 unspecified atom stereocenters. The van der Waals surface area contributed by atoms with Crippen LogP contribution in [0.1, 0.15) is 25.8 Å². The Morgan fingerprint density at radius 2 is 1.79 bits per heavy atom. The van der Waals surface area contributed by atoms with Gasteiger partial charge in [0.15, 0.2) is 6.10 Å². The molecule has 8 nitrogen and oxygen atoms in total. The van der Waals surface area contributed by atoms with Crippen LogP contribution in [0.5, 0.6) is 11.5 Å². The zero-order valence-corrected chi connectivity index (χ0v) is 19.2. The highest BCUT2D eigenvalue weighted by molar-refractivity contribution is 6.02. The van der Waals surface area contributed by atoms with Crippen molar-refractivity contribution in [2.45, 2.75) is 38.8 Å². The first-order valence-electron chi connectivity index (χ1n) is 11.0. The van der Waals surface area contributed by atoms with Gasteiger partial charge < -0.3 is 24.0 Å². The second kappa shape index (κ2) is 9.13. The largest absolute Gasteiger partial charge is 0.497 e. The summed E-state index contributed by atoms with van der Waals surface area (Å²) in [7, 11) is 3.06. The fraction of sp³-hybridized carbons (Fsp3) is 0.400. The van der Waals surface area contributed by atoms with Crippen LogP contribution in [0, 0.1) is 5.92 Å². The van der Waals surface area contributed by atoms with Gasteiger partial charge >= 0.3 is 5.97 Å². The van der Waals surface area contributed by atoms with E-state index in [1.165, 1.54) is 12.0 Å². The third-order valence-electron chi connectivity index (χ3n) is 6.22. The molecule has 8 heteroatoms.